The summed E-state index contributed by atoms with van der Waals surface area (Å²) >= 11 is 0. The van der Waals surface area contributed by atoms with E-state index in [-0.39, 0.29) is 5.60 Å². The van der Waals surface area contributed by atoms with E-state index in [4.69, 9.17) is 9.47 Å². The summed E-state index contributed by atoms with van der Waals surface area (Å²) < 4.78 is 11.3. The summed E-state index contributed by atoms with van der Waals surface area (Å²) in [6.45, 7) is 3.50. The first-order valence-corrected chi connectivity index (χ1v) is 8.64. The van der Waals surface area contributed by atoms with Crippen molar-refractivity contribution in [1.82, 2.24) is 4.90 Å². The number of likely N-dealkylation sites (tertiary alicyclic amines) is 1. The molecule has 4 heteroatoms. The van der Waals surface area contributed by atoms with Gasteiger partial charge in [0.25, 0.3) is 0 Å². The molecule has 2 saturated heterocycles. The van der Waals surface area contributed by atoms with E-state index in [2.05, 4.69) is 4.90 Å². The maximum Gasteiger partial charge on any atom is 0.225 e. The van der Waals surface area contributed by atoms with Gasteiger partial charge in [0, 0.05) is 32.7 Å². The van der Waals surface area contributed by atoms with Crippen LogP contribution in [0.5, 0.6) is 0 Å². The summed E-state index contributed by atoms with van der Waals surface area (Å²) in [7, 11) is 1.76. The topological polar surface area (TPSA) is 38.8 Å². The first kappa shape index (κ1) is 15.3. The van der Waals surface area contributed by atoms with Gasteiger partial charge in [-0.05, 0) is 44.4 Å². The second-order valence-corrected chi connectivity index (χ2v) is 7.15. The van der Waals surface area contributed by atoms with Gasteiger partial charge < -0.3 is 14.4 Å². The van der Waals surface area contributed by atoms with Gasteiger partial charge in [-0.2, -0.15) is 0 Å². The van der Waals surface area contributed by atoms with Crippen molar-refractivity contribution >= 4 is 5.91 Å². The minimum Gasteiger partial charge on any atom is -0.385 e. The van der Waals surface area contributed by atoms with E-state index >= 15 is 0 Å². The predicted octanol–water partition coefficient (Wildman–Crippen LogP) is 2.61. The Kier molecular flexibility index (Phi) is 4.85. The highest BCUT2D eigenvalue weighted by Crippen LogP contribution is 2.40. The third-order valence-electron chi connectivity index (χ3n) is 5.71. The van der Waals surface area contributed by atoms with Gasteiger partial charge in [0.15, 0.2) is 0 Å². The zero-order valence-electron chi connectivity index (χ0n) is 13.3. The molecule has 1 spiro atoms. The highest BCUT2D eigenvalue weighted by molar-refractivity contribution is 5.79. The highest BCUT2D eigenvalue weighted by atomic mass is 16.5. The van der Waals surface area contributed by atoms with Gasteiger partial charge in [0.2, 0.25) is 5.91 Å². The fourth-order valence-electron chi connectivity index (χ4n) is 4.32. The third-order valence-corrected chi connectivity index (χ3v) is 5.71. The summed E-state index contributed by atoms with van der Waals surface area (Å²) in [5.74, 6) is 1.37. The molecular weight excluding hydrogens is 266 g/mol. The minimum atomic E-state index is 0.0604. The largest absolute Gasteiger partial charge is 0.385 e. The van der Waals surface area contributed by atoms with Crippen molar-refractivity contribution in [2.75, 3.05) is 33.4 Å². The summed E-state index contributed by atoms with van der Waals surface area (Å²) in [6.07, 6.45) is 8.98. The van der Waals surface area contributed by atoms with Gasteiger partial charge in [-0.1, -0.05) is 12.8 Å². The van der Waals surface area contributed by atoms with E-state index in [0.29, 0.717) is 17.7 Å². The van der Waals surface area contributed by atoms with Crippen LogP contribution in [0.4, 0.5) is 0 Å². The molecule has 4 nitrogen and oxygen atoms in total. The first-order chi connectivity index (χ1) is 10.2. The maximum atomic E-state index is 12.5. The molecule has 1 amide bonds. The van der Waals surface area contributed by atoms with Crippen molar-refractivity contribution in [3.63, 3.8) is 0 Å². The van der Waals surface area contributed by atoms with Crippen molar-refractivity contribution in [2.45, 2.75) is 57.0 Å². The van der Waals surface area contributed by atoms with Crippen LogP contribution in [0.1, 0.15) is 51.4 Å². The van der Waals surface area contributed by atoms with Gasteiger partial charge in [0.05, 0.1) is 12.2 Å². The highest BCUT2D eigenvalue weighted by Gasteiger charge is 2.43. The fourth-order valence-corrected chi connectivity index (χ4v) is 4.32. The average molecular weight is 295 g/mol. The number of carbonyl (C=O) groups is 1. The van der Waals surface area contributed by atoms with Crippen LogP contribution < -0.4 is 0 Å². The Balaban J connectivity index is 1.47. The molecule has 0 unspecified atom stereocenters. The molecule has 0 aromatic heterocycles. The average Bonchev–Trinajstić information content (AvgIpc) is 3.16. The van der Waals surface area contributed by atoms with Crippen LogP contribution >= 0.6 is 0 Å². The first-order valence-electron chi connectivity index (χ1n) is 8.64. The molecule has 1 aliphatic carbocycles. The number of amides is 1. The summed E-state index contributed by atoms with van der Waals surface area (Å²) in [4.78, 5) is 14.6. The molecule has 0 N–H and O–H groups in total. The normalized spacial score (nSPS) is 29.4. The Hall–Kier alpha value is -0.610. The molecule has 3 aliphatic rings. The van der Waals surface area contributed by atoms with E-state index < -0.39 is 0 Å². The molecular formula is C17H29NO3. The van der Waals surface area contributed by atoms with E-state index in [9.17, 15) is 4.79 Å². The van der Waals surface area contributed by atoms with Crippen molar-refractivity contribution in [3.8, 4) is 0 Å². The quantitative estimate of drug-likeness (QED) is 0.800. The summed E-state index contributed by atoms with van der Waals surface area (Å²) in [5, 5.41) is 0. The van der Waals surface area contributed by atoms with Crippen LogP contribution in [-0.2, 0) is 14.3 Å². The fraction of sp³-hybridized carbons (Fsp3) is 0.941. The predicted molar refractivity (Wildman–Crippen MR) is 81.1 cm³/mol. The molecule has 1 atom stereocenters. The molecule has 0 radical (unpaired) electrons. The molecule has 120 valence electrons. The van der Waals surface area contributed by atoms with Crippen LogP contribution in [0.15, 0.2) is 0 Å². The van der Waals surface area contributed by atoms with E-state index in [1.165, 1.54) is 12.8 Å². The van der Waals surface area contributed by atoms with Crippen LogP contribution in [-0.4, -0.2) is 49.8 Å². The van der Waals surface area contributed by atoms with Crippen LogP contribution in [0.2, 0.25) is 0 Å². The third kappa shape index (κ3) is 3.42. The van der Waals surface area contributed by atoms with E-state index in [0.717, 1.165) is 64.8 Å². The second kappa shape index (κ2) is 6.66. The Bertz CT molecular complexity index is 357. The zero-order valence-corrected chi connectivity index (χ0v) is 13.3. The van der Waals surface area contributed by atoms with Gasteiger partial charge >= 0.3 is 0 Å². The van der Waals surface area contributed by atoms with Crippen molar-refractivity contribution in [2.24, 2.45) is 11.8 Å². The molecule has 0 aromatic carbocycles. The Morgan fingerprint density at radius 1 is 1.29 bits per heavy atom. The molecule has 2 aliphatic heterocycles. The number of methoxy groups -OCH3 is 1. The minimum absolute atomic E-state index is 0.0604. The van der Waals surface area contributed by atoms with Gasteiger partial charge in [-0.25, -0.2) is 0 Å². The number of hydrogen-bond donors (Lipinski definition) is 0. The molecule has 0 aromatic rings. The Morgan fingerprint density at radius 3 is 2.67 bits per heavy atom. The molecule has 0 bridgehead atoms. The van der Waals surface area contributed by atoms with Gasteiger partial charge in [-0.15, -0.1) is 0 Å². The summed E-state index contributed by atoms with van der Waals surface area (Å²) in [6, 6.07) is 0. The van der Waals surface area contributed by atoms with Gasteiger partial charge in [-0.3, -0.25) is 4.79 Å². The number of carbonyl (C=O) groups excluding carboxylic acids is 1. The molecule has 3 fully saturated rings. The number of nitrogens with zero attached hydrogens (tertiary/aromatic N) is 1. The summed E-state index contributed by atoms with van der Waals surface area (Å²) in [5.41, 5.74) is 0.0604. The lowest BCUT2D eigenvalue weighted by atomic mass is 9.84. The number of hydrogen-bond acceptors (Lipinski definition) is 3. The number of piperidine rings is 1. The van der Waals surface area contributed by atoms with Crippen molar-refractivity contribution in [3.05, 3.63) is 0 Å². The zero-order chi connectivity index (χ0) is 14.7. The molecule has 2 heterocycles. The molecule has 21 heavy (non-hydrogen) atoms. The van der Waals surface area contributed by atoms with Crippen LogP contribution in [0.25, 0.3) is 0 Å². The SMILES string of the molecule is COCC[C@H]1COC2(CCN(C(=O)C3CCCC3)CC2)C1. The maximum absolute atomic E-state index is 12.5. The second-order valence-electron chi connectivity index (χ2n) is 7.15. The molecule has 3 rings (SSSR count). The van der Waals surface area contributed by atoms with E-state index in [1.807, 2.05) is 0 Å². The lowest BCUT2D eigenvalue weighted by Crippen LogP contribution is -2.48. The number of ether oxygens (including phenoxy) is 2. The van der Waals surface area contributed by atoms with Crippen LogP contribution in [0, 0.1) is 11.8 Å². The Labute approximate surface area is 128 Å². The standard InChI is InChI=1S/C17H29NO3/c1-20-11-6-14-12-17(21-13-14)7-9-18(10-8-17)16(19)15-4-2-3-5-15/h14-15H,2-13H2,1H3/t14-/m1/s1. The van der Waals surface area contributed by atoms with Crippen molar-refractivity contribution in [1.29, 1.82) is 0 Å². The van der Waals surface area contributed by atoms with Crippen LogP contribution in [0.3, 0.4) is 0 Å². The smallest absolute Gasteiger partial charge is 0.225 e. The lowest BCUT2D eigenvalue weighted by molar-refractivity contribution is -0.140. The van der Waals surface area contributed by atoms with Crippen molar-refractivity contribution < 1.29 is 14.3 Å². The molecule has 1 saturated carbocycles. The Morgan fingerprint density at radius 2 is 2.00 bits per heavy atom. The number of rotatable bonds is 4. The van der Waals surface area contributed by atoms with E-state index in [1.54, 1.807) is 7.11 Å². The lowest BCUT2D eigenvalue weighted by Gasteiger charge is -2.39. The van der Waals surface area contributed by atoms with Gasteiger partial charge in [0.1, 0.15) is 0 Å². The monoisotopic (exact) mass is 295 g/mol.